The molecule has 0 radical (unpaired) electrons. The number of nitrogens with zero attached hydrogens (tertiary/aromatic N) is 3. The van der Waals surface area contributed by atoms with Crippen LogP contribution >= 0.6 is 11.8 Å². The minimum atomic E-state index is -0.150. The van der Waals surface area contributed by atoms with E-state index in [1.807, 2.05) is 17.0 Å². The summed E-state index contributed by atoms with van der Waals surface area (Å²) in [6, 6.07) is 10.8. The van der Waals surface area contributed by atoms with Gasteiger partial charge in [0.15, 0.2) is 5.16 Å². The summed E-state index contributed by atoms with van der Waals surface area (Å²) in [6.07, 6.45) is 4.40. The average Bonchev–Trinajstić information content (AvgIpc) is 3.52. The van der Waals surface area contributed by atoms with Gasteiger partial charge in [-0.1, -0.05) is 23.9 Å². The number of carbonyl (C=O) groups excluding carboxylic acids is 2. The van der Waals surface area contributed by atoms with Crippen LogP contribution in [-0.2, 0) is 22.7 Å². The number of aromatic nitrogens is 2. The van der Waals surface area contributed by atoms with Gasteiger partial charge in [0.2, 0.25) is 11.8 Å². The molecule has 2 amide bonds. The molecule has 168 valence electrons. The molecule has 0 saturated carbocycles. The molecule has 9 heteroatoms. The third-order valence-corrected chi connectivity index (χ3v) is 6.40. The van der Waals surface area contributed by atoms with Crippen molar-refractivity contribution in [3.8, 4) is 0 Å². The highest BCUT2D eigenvalue weighted by atomic mass is 32.2. The zero-order chi connectivity index (χ0) is 22.3. The molecule has 1 aliphatic rings. The normalized spacial score (nSPS) is 13.6. The van der Waals surface area contributed by atoms with Crippen LogP contribution < -0.4 is 10.9 Å². The lowest BCUT2D eigenvalue weighted by Crippen LogP contribution is -2.30. The molecule has 3 aromatic rings. The Balaban J connectivity index is 1.42. The van der Waals surface area contributed by atoms with Crippen LogP contribution in [0.3, 0.4) is 0 Å². The van der Waals surface area contributed by atoms with Gasteiger partial charge in [0.25, 0.3) is 5.56 Å². The van der Waals surface area contributed by atoms with E-state index in [9.17, 15) is 14.4 Å². The van der Waals surface area contributed by atoms with E-state index in [2.05, 4.69) is 10.3 Å². The van der Waals surface area contributed by atoms with Crippen LogP contribution in [0.15, 0.2) is 57.0 Å². The Hall–Kier alpha value is -3.07. The molecule has 1 saturated heterocycles. The van der Waals surface area contributed by atoms with Crippen molar-refractivity contribution in [3.63, 3.8) is 0 Å². The van der Waals surface area contributed by atoms with Gasteiger partial charge in [0.1, 0.15) is 5.76 Å². The first-order valence-corrected chi connectivity index (χ1v) is 11.8. The Labute approximate surface area is 190 Å². The second-order valence-electron chi connectivity index (χ2n) is 7.70. The molecule has 1 aromatic carbocycles. The topological polar surface area (TPSA) is 97.4 Å². The molecule has 1 aliphatic heterocycles. The summed E-state index contributed by atoms with van der Waals surface area (Å²) in [7, 11) is 0. The van der Waals surface area contributed by atoms with Gasteiger partial charge in [-0.05, 0) is 43.5 Å². The summed E-state index contributed by atoms with van der Waals surface area (Å²) in [6.45, 7) is 2.28. The zero-order valence-electron chi connectivity index (χ0n) is 17.8. The summed E-state index contributed by atoms with van der Waals surface area (Å²) in [4.78, 5) is 44.3. The first-order chi connectivity index (χ1) is 15.6. The van der Waals surface area contributed by atoms with Crippen LogP contribution in [0.4, 0.5) is 0 Å². The number of para-hydroxylation sites is 1. The van der Waals surface area contributed by atoms with Crippen molar-refractivity contribution in [2.24, 2.45) is 0 Å². The Bertz CT molecular complexity index is 1140. The van der Waals surface area contributed by atoms with E-state index in [0.717, 1.165) is 25.9 Å². The highest BCUT2D eigenvalue weighted by Gasteiger charge is 2.19. The molecule has 0 bridgehead atoms. The molecule has 32 heavy (non-hydrogen) atoms. The maximum absolute atomic E-state index is 13.1. The van der Waals surface area contributed by atoms with Gasteiger partial charge < -0.3 is 14.6 Å². The van der Waals surface area contributed by atoms with Gasteiger partial charge in [0, 0.05) is 26.1 Å². The fourth-order valence-electron chi connectivity index (χ4n) is 3.72. The predicted octanol–water partition coefficient (Wildman–Crippen LogP) is 2.80. The largest absolute Gasteiger partial charge is 0.467 e. The van der Waals surface area contributed by atoms with Crippen molar-refractivity contribution < 1.29 is 14.0 Å². The fourth-order valence-corrected chi connectivity index (χ4v) is 4.65. The Morgan fingerprint density at radius 3 is 2.72 bits per heavy atom. The van der Waals surface area contributed by atoms with Gasteiger partial charge in [-0.2, -0.15) is 0 Å². The lowest BCUT2D eigenvalue weighted by molar-refractivity contribution is -0.127. The maximum Gasteiger partial charge on any atom is 0.262 e. The first kappa shape index (κ1) is 22.1. The number of thioether (sulfide) groups is 1. The molecule has 2 aromatic heterocycles. The molecular formula is C23H26N4O4S. The molecule has 0 atom stereocenters. The van der Waals surface area contributed by atoms with E-state index in [1.165, 1.54) is 11.8 Å². The lowest BCUT2D eigenvalue weighted by Gasteiger charge is -2.16. The van der Waals surface area contributed by atoms with Crippen LogP contribution in [-0.4, -0.2) is 45.1 Å². The number of rotatable bonds is 9. The number of furan rings is 1. The highest BCUT2D eigenvalue weighted by molar-refractivity contribution is 7.99. The van der Waals surface area contributed by atoms with Gasteiger partial charge in [-0.25, -0.2) is 4.98 Å². The van der Waals surface area contributed by atoms with Crippen LogP contribution in [0, 0.1) is 0 Å². The Kier molecular flexibility index (Phi) is 7.26. The number of fused-ring (bicyclic) bond motifs is 1. The molecular weight excluding hydrogens is 428 g/mol. The van der Waals surface area contributed by atoms with E-state index in [4.69, 9.17) is 4.42 Å². The number of carbonyl (C=O) groups is 2. The lowest BCUT2D eigenvalue weighted by atomic mass is 10.2. The second-order valence-corrected chi connectivity index (χ2v) is 8.65. The van der Waals surface area contributed by atoms with Crippen molar-refractivity contribution in [2.75, 3.05) is 18.8 Å². The smallest absolute Gasteiger partial charge is 0.262 e. The first-order valence-electron chi connectivity index (χ1n) is 10.8. The maximum atomic E-state index is 13.1. The predicted molar refractivity (Wildman–Crippen MR) is 122 cm³/mol. The average molecular weight is 455 g/mol. The fraction of sp³-hybridized carbons (Fsp3) is 0.391. The number of benzene rings is 1. The number of likely N-dealkylation sites (tertiary alicyclic amines) is 1. The summed E-state index contributed by atoms with van der Waals surface area (Å²) < 4.78 is 6.80. The number of nitrogens with one attached hydrogen (secondary N) is 1. The highest BCUT2D eigenvalue weighted by Crippen LogP contribution is 2.20. The van der Waals surface area contributed by atoms with Crippen molar-refractivity contribution in [1.82, 2.24) is 19.8 Å². The molecule has 0 spiro atoms. The quantitative estimate of drug-likeness (QED) is 0.394. The second kappa shape index (κ2) is 10.5. The van der Waals surface area contributed by atoms with Crippen molar-refractivity contribution >= 4 is 34.5 Å². The van der Waals surface area contributed by atoms with Crippen LogP contribution in [0.25, 0.3) is 10.9 Å². The molecule has 0 aliphatic carbocycles. The molecule has 3 heterocycles. The third-order valence-electron chi connectivity index (χ3n) is 5.44. The molecule has 1 N–H and O–H groups in total. The van der Waals surface area contributed by atoms with Gasteiger partial charge in [-0.15, -0.1) is 0 Å². The molecule has 0 unspecified atom stereocenters. The number of amides is 2. The van der Waals surface area contributed by atoms with E-state index >= 15 is 0 Å². The van der Waals surface area contributed by atoms with Gasteiger partial charge >= 0.3 is 0 Å². The van der Waals surface area contributed by atoms with Gasteiger partial charge in [0.05, 0.1) is 29.5 Å². The third kappa shape index (κ3) is 5.40. The van der Waals surface area contributed by atoms with E-state index < -0.39 is 0 Å². The monoisotopic (exact) mass is 454 g/mol. The van der Waals surface area contributed by atoms with Crippen molar-refractivity contribution in [3.05, 3.63) is 58.8 Å². The van der Waals surface area contributed by atoms with Crippen LogP contribution in [0.5, 0.6) is 0 Å². The molecule has 4 rings (SSSR count). The summed E-state index contributed by atoms with van der Waals surface area (Å²) in [5, 5.41) is 3.85. The summed E-state index contributed by atoms with van der Waals surface area (Å²) in [5.41, 5.74) is 0.462. The van der Waals surface area contributed by atoms with Crippen molar-refractivity contribution in [2.45, 2.75) is 43.9 Å². The molecule has 8 nitrogen and oxygen atoms in total. The van der Waals surface area contributed by atoms with E-state index in [1.54, 1.807) is 35.1 Å². The summed E-state index contributed by atoms with van der Waals surface area (Å²) in [5.74, 6) is 0.893. The van der Waals surface area contributed by atoms with Crippen LogP contribution in [0.1, 0.15) is 31.4 Å². The van der Waals surface area contributed by atoms with Crippen LogP contribution in [0.2, 0.25) is 0 Å². The van der Waals surface area contributed by atoms with Crippen molar-refractivity contribution in [1.29, 1.82) is 0 Å². The number of hydrogen-bond donors (Lipinski definition) is 1. The minimum Gasteiger partial charge on any atom is -0.467 e. The summed E-state index contributed by atoms with van der Waals surface area (Å²) >= 11 is 1.29. The number of hydrogen-bond acceptors (Lipinski definition) is 6. The van der Waals surface area contributed by atoms with Gasteiger partial charge in [-0.3, -0.25) is 19.0 Å². The van der Waals surface area contributed by atoms with E-state index in [-0.39, 0.29) is 29.5 Å². The standard InChI is InChI=1S/C23H26N4O4S/c28-20(24-15-17-7-6-14-31-17)10-5-13-27-22(30)18-8-1-2-9-19(18)25-23(27)32-16-21(29)26-11-3-4-12-26/h1-2,6-9,14H,3-5,10-13,15-16H2,(H,24,28). The molecule has 1 fully saturated rings. The Morgan fingerprint density at radius 1 is 1.12 bits per heavy atom. The SMILES string of the molecule is O=C(CCCn1c(SCC(=O)N2CCCC2)nc2ccccc2c1=O)NCc1ccco1. The Morgan fingerprint density at radius 2 is 1.94 bits per heavy atom. The van der Waals surface area contributed by atoms with E-state index in [0.29, 0.717) is 41.3 Å². The minimum absolute atomic E-state index is 0.0683. The zero-order valence-corrected chi connectivity index (χ0v) is 18.6.